The second kappa shape index (κ2) is 8.94. The Hall–Kier alpha value is -3.26. The molecule has 2 aromatic carbocycles. The molecule has 33 heavy (non-hydrogen) atoms. The van der Waals surface area contributed by atoms with Crippen LogP contribution in [0.4, 0.5) is 4.39 Å². The summed E-state index contributed by atoms with van der Waals surface area (Å²) in [6.45, 7) is 9.84. The minimum Gasteiger partial charge on any atom is -0.516 e. The number of hydrogen-bond donors (Lipinski definition) is 1. The first-order chi connectivity index (χ1) is 15.3. The van der Waals surface area contributed by atoms with Crippen molar-refractivity contribution in [3.05, 3.63) is 70.7 Å². The van der Waals surface area contributed by atoms with Crippen LogP contribution in [-0.4, -0.2) is 37.5 Å². The zero-order valence-electron chi connectivity index (χ0n) is 19.7. The van der Waals surface area contributed by atoms with E-state index in [1.807, 2.05) is 33.9 Å². The monoisotopic (exact) mass is 469 g/mol. The molecule has 0 atom stereocenters. The van der Waals surface area contributed by atoms with E-state index in [4.69, 9.17) is 9.16 Å². The minimum atomic E-state index is -2.50. The molecule has 0 bridgehead atoms. The minimum absolute atomic E-state index is 0.0718. The Morgan fingerprint density at radius 3 is 2.27 bits per heavy atom. The van der Waals surface area contributed by atoms with Crippen molar-refractivity contribution in [2.45, 2.75) is 45.3 Å². The molecule has 0 aliphatic carbocycles. The maximum Gasteiger partial charge on any atom is 0.342 e. The van der Waals surface area contributed by atoms with Crippen LogP contribution in [0.5, 0.6) is 5.75 Å². The molecule has 0 saturated carbocycles. The molecule has 0 aliphatic heterocycles. The van der Waals surface area contributed by atoms with Gasteiger partial charge in [-0.05, 0) is 59.9 Å². The van der Waals surface area contributed by atoms with Crippen LogP contribution in [0.15, 0.2) is 42.6 Å². The van der Waals surface area contributed by atoms with Gasteiger partial charge in [0, 0.05) is 11.6 Å². The number of esters is 1. The summed E-state index contributed by atoms with van der Waals surface area (Å²) >= 11 is 0. The highest BCUT2D eigenvalue weighted by molar-refractivity contribution is 6.75. The number of fused-ring (bicyclic) bond motifs is 1. The number of aromatic hydroxyl groups is 1. The molecule has 8 heteroatoms. The summed E-state index contributed by atoms with van der Waals surface area (Å²) in [5, 5.41) is 11.1. The molecular formula is C25H28FNO5Si. The summed E-state index contributed by atoms with van der Waals surface area (Å²) in [5.74, 6) is -2.30. The van der Waals surface area contributed by atoms with E-state index in [2.05, 4.69) is 4.98 Å². The molecule has 1 aromatic heterocycles. The van der Waals surface area contributed by atoms with Gasteiger partial charge in [-0.2, -0.15) is 0 Å². The molecule has 0 amide bonds. The SMILES string of the molecule is COC(=O)c1c(C(=O)O[Si](C)(C)C(C)(C)C)cc2cc(Cc3ccc(F)cc3)cnc2c1O. The Balaban J connectivity index is 2.10. The lowest BCUT2D eigenvalue weighted by Gasteiger charge is -2.35. The number of ether oxygens (including phenoxy) is 1. The predicted octanol–water partition coefficient (Wildman–Crippen LogP) is 5.62. The second-order valence-corrected chi connectivity index (χ2v) is 14.2. The van der Waals surface area contributed by atoms with E-state index in [0.29, 0.717) is 11.8 Å². The number of carbonyl (C=O) groups excluding carboxylic acids is 2. The number of carbonyl (C=O) groups is 2. The number of aromatic nitrogens is 1. The Labute approximate surface area is 193 Å². The number of halogens is 1. The summed E-state index contributed by atoms with van der Waals surface area (Å²) in [7, 11) is -1.32. The van der Waals surface area contributed by atoms with Gasteiger partial charge in [-0.15, -0.1) is 0 Å². The van der Waals surface area contributed by atoms with Gasteiger partial charge >= 0.3 is 11.9 Å². The Kier molecular flexibility index (Phi) is 6.60. The molecule has 0 saturated heterocycles. The van der Waals surface area contributed by atoms with Gasteiger partial charge in [0.1, 0.15) is 16.9 Å². The second-order valence-electron chi connectivity index (χ2n) is 9.51. The van der Waals surface area contributed by atoms with Crippen LogP contribution in [0.3, 0.4) is 0 Å². The Bertz CT molecular complexity index is 1220. The van der Waals surface area contributed by atoms with Crippen LogP contribution in [-0.2, 0) is 15.6 Å². The maximum absolute atomic E-state index is 13.2. The number of rotatable bonds is 5. The van der Waals surface area contributed by atoms with Crippen molar-refractivity contribution in [1.29, 1.82) is 0 Å². The van der Waals surface area contributed by atoms with Crippen molar-refractivity contribution in [3.8, 4) is 5.75 Å². The van der Waals surface area contributed by atoms with E-state index in [1.54, 1.807) is 24.4 Å². The largest absolute Gasteiger partial charge is 0.516 e. The molecule has 174 valence electrons. The van der Waals surface area contributed by atoms with E-state index in [1.165, 1.54) is 25.3 Å². The van der Waals surface area contributed by atoms with E-state index in [0.717, 1.165) is 11.1 Å². The molecular weight excluding hydrogens is 441 g/mol. The number of hydrogen-bond acceptors (Lipinski definition) is 6. The fraction of sp³-hybridized carbons (Fsp3) is 0.320. The number of methoxy groups -OCH3 is 1. The number of phenolic OH excluding ortho intramolecular Hbond substituents is 1. The summed E-state index contributed by atoms with van der Waals surface area (Å²) in [6.07, 6.45) is 2.05. The van der Waals surface area contributed by atoms with Crippen molar-refractivity contribution in [2.75, 3.05) is 7.11 Å². The molecule has 6 nitrogen and oxygen atoms in total. The smallest absolute Gasteiger partial charge is 0.342 e. The lowest BCUT2D eigenvalue weighted by molar-refractivity contribution is 0.0582. The lowest BCUT2D eigenvalue weighted by atomic mass is 9.99. The van der Waals surface area contributed by atoms with E-state index < -0.39 is 26.0 Å². The van der Waals surface area contributed by atoms with Crippen LogP contribution < -0.4 is 0 Å². The van der Waals surface area contributed by atoms with Crippen molar-refractivity contribution < 1.29 is 28.2 Å². The highest BCUT2D eigenvalue weighted by Crippen LogP contribution is 2.38. The molecule has 1 N–H and O–H groups in total. The number of nitrogens with zero attached hydrogens (tertiary/aromatic N) is 1. The summed E-state index contributed by atoms with van der Waals surface area (Å²) < 4.78 is 23.9. The molecule has 0 spiro atoms. The number of phenols is 1. The van der Waals surface area contributed by atoms with Gasteiger partial charge in [-0.1, -0.05) is 32.9 Å². The maximum atomic E-state index is 13.2. The van der Waals surface area contributed by atoms with Crippen LogP contribution in [0, 0.1) is 5.82 Å². The van der Waals surface area contributed by atoms with Crippen LogP contribution in [0.2, 0.25) is 18.1 Å². The van der Waals surface area contributed by atoms with E-state index >= 15 is 0 Å². The van der Waals surface area contributed by atoms with E-state index in [-0.39, 0.29) is 27.5 Å². The van der Waals surface area contributed by atoms with Gasteiger partial charge in [0.05, 0.1) is 12.7 Å². The van der Waals surface area contributed by atoms with Crippen molar-refractivity contribution >= 4 is 31.2 Å². The first kappa shape index (κ1) is 24.4. The fourth-order valence-corrected chi connectivity index (χ4v) is 4.03. The third-order valence-electron chi connectivity index (χ3n) is 6.09. The zero-order chi connectivity index (χ0) is 24.6. The van der Waals surface area contributed by atoms with Crippen molar-refractivity contribution in [2.24, 2.45) is 0 Å². The van der Waals surface area contributed by atoms with Crippen LogP contribution in [0.25, 0.3) is 10.9 Å². The number of pyridine rings is 1. The van der Waals surface area contributed by atoms with Crippen LogP contribution >= 0.6 is 0 Å². The van der Waals surface area contributed by atoms with Gasteiger partial charge in [-0.3, -0.25) is 4.98 Å². The summed E-state index contributed by atoms with van der Waals surface area (Å²) in [6, 6.07) is 9.40. The normalized spacial score (nSPS) is 12.0. The fourth-order valence-electron chi connectivity index (χ4n) is 3.15. The average Bonchev–Trinajstić information content (AvgIpc) is 2.73. The quantitative estimate of drug-likeness (QED) is 0.386. The highest BCUT2D eigenvalue weighted by Gasteiger charge is 2.41. The van der Waals surface area contributed by atoms with Crippen molar-refractivity contribution in [1.82, 2.24) is 4.98 Å². The lowest BCUT2D eigenvalue weighted by Crippen LogP contribution is -2.42. The summed E-state index contributed by atoms with van der Waals surface area (Å²) in [4.78, 5) is 30.0. The molecule has 0 aliphatic rings. The Morgan fingerprint density at radius 2 is 1.70 bits per heavy atom. The molecule has 0 fully saturated rings. The first-order valence-corrected chi connectivity index (χ1v) is 13.5. The molecule has 3 aromatic rings. The average molecular weight is 470 g/mol. The highest BCUT2D eigenvalue weighted by atomic mass is 28.4. The van der Waals surface area contributed by atoms with Gasteiger partial charge in [0.25, 0.3) is 8.32 Å². The van der Waals surface area contributed by atoms with Gasteiger partial charge < -0.3 is 14.3 Å². The standard InChI is InChI=1S/C25H28FNO5Si/c1-25(2,3)33(5,6)32-23(29)19-13-17-12-16(11-15-7-9-18(26)10-8-15)14-27-21(17)22(28)20(19)24(30)31-4/h7-10,12-14,28H,11H2,1-6H3. The third kappa shape index (κ3) is 5.06. The van der Waals surface area contributed by atoms with E-state index in [9.17, 15) is 19.1 Å². The third-order valence-corrected chi connectivity index (χ3v) is 10.4. The van der Waals surface area contributed by atoms with Crippen molar-refractivity contribution in [3.63, 3.8) is 0 Å². The van der Waals surface area contributed by atoms with Gasteiger partial charge in [0.15, 0.2) is 5.75 Å². The summed E-state index contributed by atoms with van der Waals surface area (Å²) in [5.41, 5.74) is 1.50. The topological polar surface area (TPSA) is 85.7 Å². The zero-order valence-corrected chi connectivity index (χ0v) is 20.7. The molecule has 1 heterocycles. The molecule has 3 rings (SSSR count). The molecule has 0 radical (unpaired) electrons. The molecule has 0 unspecified atom stereocenters. The van der Waals surface area contributed by atoms with Gasteiger partial charge in [0.2, 0.25) is 0 Å². The van der Waals surface area contributed by atoms with Gasteiger partial charge in [-0.25, -0.2) is 14.0 Å². The number of benzene rings is 2. The van der Waals surface area contributed by atoms with Crippen LogP contribution in [0.1, 0.15) is 52.6 Å². The Morgan fingerprint density at radius 1 is 1.06 bits per heavy atom. The predicted molar refractivity (Wildman–Crippen MR) is 127 cm³/mol. The first-order valence-electron chi connectivity index (χ1n) is 10.5.